The minimum Gasteiger partial charge on any atom is -0.462 e. The van der Waals surface area contributed by atoms with Gasteiger partial charge in [0.2, 0.25) is 0 Å². The molecule has 514 valence electrons. The van der Waals surface area contributed by atoms with Crippen molar-refractivity contribution >= 4 is 19.8 Å². The third-order valence-electron chi connectivity index (χ3n) is 16.1. The number of carbonyl (C=O) groups excluding carboxylic acids is 2. The highest BCUT2D eigenvalue weighted by Crippen LogP contribution is 2.49. The summed E-state index contributed by atoms with van der Waals surface area (Å²) in [6.45, 7) is -0.0134. The van der Waals surface area contributed by atoms with E-state index in [1.54, 1.807) is 0 Å². The fraction of sp³-hybridized carbons (Fsp3) is 0.898. The molecule has 1 aliphatic carbocycles. The maximum atomic E-state index is 14.2. The Morgan fingerprint density at radius 3 is 1.35 bits per heavy atom. The molecule has 0 radical (unpaired) electrons. The van der Waals surface area contributed by atoms with Crippen LogP contribution in [0.2, 0.25) is 0 Å². The van der Waals surface area contributed by atoms with Crippen LogP contribution in [0.15, 0.2) is 24.3 Å². The van der Waals surface area contributed by atoms with E-state index in [4.69, 9.17) is 46.9 Å². The fourth-order valence-electron chi connectivity index (χ4n) is 10.6. The molecule has 0 amide bonds. The van der Waals surface area contributed by atoms with Gasteiger partial charge in [-0.15, -0.1) is 0 Å². The summed E-state index contributed by atoms with van der Waals surface area (Å²) in [5.74, 6) is -1.42. The monoisotopic (exact) mass is 1290 g/mol. The second-order valence-corrected chi connectivity index (χ2v) is 24.7. The molecule has 29 heteroatoms. The van der Waals surface area contributed by atoms with E-state index in [0.717, 1.165) is 77.0 Å². The summed E-state index contributed by atoms with van der Waals surface area (Å²) in [7, 11) is -5.75. The van der Waals surface area contributed by atoms with Crippen molar-refractivity contribution < 1.29 is 137 Å². The molecule has 0 aromatic heterocycles. The van der Waals surface area contributed by atoms with E-state index in [1.807, 2.05) is 0 Å². The highest BCUT2D eigenvalue weighted by atomic mass is 31.2. The first-order chi connectivity index (χ1) is 42.1. The van der Waals surface area contributed by atoms with E-state index in [1.165, 1.54) is 44.9 Å². The van der Waals surface area contributed by atoms with Crippen molar-refractivity contribution in [3.63, 3.8) is 0 Å². The quantitative estimate of drug-likeness (QED) is 0.0173. The number of phosphoric ester groups is 1. The summed E-state index contributed by atoms with van der Waals surface area (Å²) in [6, 6.07) is 0. The largest absolute Gasteiger partial charge is 0.472 e. The zero-order valence-corrected chi connectivity index (χ0v) is 51.9. The van der Waals surface area contributed by atoms with Crippen LogP contribution in [0.1, 0.15) is 168 Å². The fourth-order valence-corrected chi connectivity index (χ4v) is 11.6. The molecule has 4 rings (SSSR count). The first-order valence-corrected chi connectivity index (χ1v) is 33.2. The summed E-state index contributed by atoms with van der Waals surface area (Å²) in [6.07, 6.45) is -15.2. The van der Waals surface area contributed by atoms with E-state index in [2.05, 4.69) is 38.2 Å². The highest BCUT2D eigenvalue weighted by Gasteiger charge is 2.58. The van der Waals surface area contributed by atoms with Crippen LogP contribution in [0.5, 0.6) is 0 Å². The van der Waals surface area contributed by atoms with Gasteiger partial charge in [0.05, 0.1) is 26.4 Å². The number of hydrogen-bond donors (Lipinski definition) is 15. The number of phosphoric acid groups is 1. The second-order valence-electron chi connectivity index (χ2n) is 23.3. The van der Waals surface area contributed by atoms with E-state index < -0.39 is 188 Å². The lowest BCUT2D eigenvalue weighted by atomic mass is 9.84. The Morgan fingerprint density at radius 1 is 0.455 bits per heavy atom. The Bertz CT molecular complexity index is 2010. The zero-order valence-electron chi connectivity index (χ0n) is 51.0. The normalized spacial score (nSPS) is 34.9. The smallest absolute Gasteiger partial charge is 0.462 e. The summed E-state index contributed by atoms with van der Waals surface area (Å²) >= 11 is 0. The Balaban J connectivity index is 1.50. The average Bonchev–Trinajstić information content (AvgIpc) is 1.68. The molecular formula is C59H105O28P. The first-order valence-electron chi connectivity index (χ1n) is 31.7. The molecule has 88 heavy (non-hydrogen) atoms. The Labute approximate surface area is 515 Å². The minimum atomic E-state index is -5.75. The first kappa shape index (κ1) is 78.2. The SMILES string of the molecule is CCCCC/C=C\C/C=C\CCCCCCCC(=O)OC[C@H](COP(=O)(O)O[C@@H]1C(O[C@@H]2OC(CO[C@@H]3OC(CO)[C@H](O)C(O)[C@@H]3O)[C@H](O)C(O)[C@@H]2O)C(O)[C@@H](O)C(O)[C@H]1O[C@H]1OC(CO)[C@@H](O)C(O)[C@H]1O)OC(=O)CCCCCCCCCCCCC. The molecule has 4 fully saturated rings. The molecule has 0 spiro atoms. The van der Waals surface area contributed by atoms with Crippen molar-refractivity contribution in [1.29, 1.82) is 0 Å². The van der Waals surface area contributed by atoms with Crippen LogP contribution in [-0.4, -0.2) is 256 Å². The van der Waals surface area contributed by atoms with Crippen molar-refractivity contribution in [2.75, 3.05) is 33.0 Å². The number of carbonyl (C=O) groups is 2. The third kappa shape index (κ3) is 25.9. The lowest BCUT2D eigenvalue weighted by Gasteiger charge is -2.49. The van der Waals surface area contributed by atoms with Crippen LogP contribution < -0.4 is 0 Å². The number of aliphatic hydroxyl groups is 14. The van der Waals surface area contributed by atoms with Gasteiger partial charge in [-0.1, -0.05) is 134 Å². The van der Waals surface area contributed by atoms with Gasteiger partial charge < -0.3 is 114 Å². The number of rotatable bonds is 43. The maximum Gasteiger partial charge on any atom is 0.472 e. The van der Waals surface area contributed by atoms with Crippen LogP contribution in [0.4, 0.5) is 0 Å². The third-order valence-corrected chi connectivity index (χ3v) is 17.1. The molecule has 10 unspecified atom stereocenters. The molecular weight excluding hydrogens is 1190 g/mol. The van der Waals surface area contributed by atoms with Gasteiger partial charge in [-0.25, -0.2) is 4.57 Å². The van der Waals surface area contributed by atoms with E-state index >= 15 is 0 Å². The summed E-state index contributed by atoms with van der Waals surface area (Å²) in [4.78, 5) is 37.8. The molecule has 0 aromatic carbocycles. The van der Waals surface area contributed by atoms with Crippen LogP contribution in [0, 0.1) is 0 Å². The molecule has 4 aliphatic rings. The number of hydrogen-bond acceptors (Lipinski definition) is 27. The molecule has 28 nitrogen and oxygen atoms in total. The number of aliphatic hydroxyl groups excluding tert-OH is 14. The van der Waals surface area contributed by atoms with Crippen molar-refractivity contribution in [2.45, 2.75) is 303 Å². The molecule has 0 aromatic rings. The Kier molecular flexibility index (Phi) is 37.4. The van der Waals surface area contributed by atoms with E-state index in [-0.39, 0.29) is 12.8 Å². The molecule has 0 bridgehead atoms. The van der Waals surface area contributed by atoms with Gasteiger partial charge in [0.25, 0.3) is 0 Å². The van der Waals surface area contributed by atoms with Gasteiger partial charge in [-0.05, 0) is 44.9 Å². The van der Waals surface area contributed by atoms with Gasteiger partial charge in [-0.2, -0.15) is 0 Å². The van der Waals surface area contributed by atoms with Crippen LogP contribution >= 0.6 is 7.82 Å². The molecule has 3 saturated heterocycles. The summed E-state index contributed by atoms with van der Waals surface area (Å²) < 4.78 is 69.7. The summed E-state index contributed by atoms with van der Waals surface area (Å²) in [5.41, 5.74) is 0. The minimum absolute atomic E-state index is 0.00316. The maximum absolute atomic E-state index is 14.2. The Morgan fingerprint density at radius 2 is 0.852 bits per heavy atom. The molecule has 3 heterocycles. The van der Waals surface area contributed by atoms with Gasteiger partial charge in [0, 0.05) is 12.8 Å². The lowest BCUT2D eigenvalue weighted by molar-refractivity contribution is -0.364. The molecule has 3 aliphatic heterocycles. The predicted molar refractivity (Wildman–Crippen MR) is 310 cm³/mol. The summed E-state index contributed by atoms with van der Waals surface area (Å²) in [5, 5.41) is 150. The average molecular weight is 1290 g/mol. The van der Waals surface area contributed by atoms with Crippen LogP contribution in [0.3, 0.4) is 0 Å². The van der Waals surface area contributed by atoms with Crippen molar-refractivity contribution in [1.82, 2.24) is 0 Å². The highest BCUT2D eigenvalue weighted by molar-refractivity contribution is 7.47. The van der Waals surface area contributed by atoms with E-state index in [0.29, 0.717) is 19.3 Å². The van der Waals surface area contributed by atoms with Gasteiger partial charge in [-0.3, -0.25) is 18.6 Å². The topological polar surface area (TPSA) is 447 Å². The van der Waals surface area contributed by atoms with Crippen molar-refractivity contribution in [3.05, 3.63) is 24.3 Å². The number of ether oxygens (including phenoxy) is 8. The van der Waals surface area contributed by atoms with Crippen molar-refractivity contribution in [3.8, 4) is 0 Å². The second kappa shape index (κ2) is 42.1. The molecule has 15 N–H and O–H groups in total. The van der Waals surface area contributed by atoms with E-state index in [9.17, 15) is 90.5 Å². The van der Waals surface area contributed by atoms with Crippen molar-refractivity contribution in [2.24, 2.45) is 0 Å². The lowest BCUT2D eigenvalue weighted by Crippen LogP contribution is -2.69. The van der Waals surface area contributed by atoms with Gasteiger partial charge >= 0.3 is 19.8 Å². The number of allylic oxidation sites excluding steroid dienone is 4. The van der Waals surface area contributed by atoms with Crippen LogP contribution in [0.25, 0.3) is 0 Å². The Hall–Kier alpha value is -2.27. The van der Waals surface area contributed by atoms with Crippen LogP contribution in [-0.2, 0) is 61.1 Å². The predicted octanol–water partition coefficient (Wildman–Crippen LogP) is 0.749. The number of unbranched alkanes of at least 4 members (excludes halogenated alkanes) is 18. The van der Waals surface area contributed by atoms with Gasteiger partial charge in [0.1, 0.15) is 116 Å². The number of esters is 2. The molecule has 1 saturated carbocycles. The standard InChI is InChI=1S/C59H105O28P/c1-3-5-7-9-11-13-15-16-17-18-20-21-23-25-27-29-40(62)78-33-36(81-41(63)30-28-26-24-22-19-14-12-10-8-6-4-2)34-80-88(76,77)87-56-54(85-58-52(74)46(68)43(65)38(32-61)83-58)49(71)48(70)50(72)55(56)86-59-53(75)47(69)44(66)39(84-59)35-79-57-51(73)45(67)42(64)37(31-60)82-57/h11,13,16-17,36-39,42-61,64-75H,3-10,12,14-15,18-35H2,1-2H3,(H,76,77)/b13-11-,17-16-/t36-,37?,38?,39?,42+,43-,44+,45?,46?,47?,48+,49?,50?,51+,52-,53+,54-,55?,56+,57-,58-,59+/m1/s1. The zero-order chi connectivity index (χ0) is 64.8. The molecule has 23 atom stereocenters. The van der Waals surface area contributed by atoms with Gasteiger partial charge in [0.15, 0.2) is 25.0 Å².